The number of amides is 2. The standard InChI is InChI=1S/C23H34N2O2/c1-18-12-16-24(17-13-18)22(27)20-10-7-15-25(20)21(26)11-14-23(2,3)19-8-5-4-6-9-19/h4-6,8-9,18,20H,7,10-17H2,1-3H3/t20-/m0/s1. The van der Waals surface area contributed by atoms with Crippen molar-refractivity contribution in [1.82, 2.24) is 9.80 Å². The number of likely N-dealkylation sites (tertiary alicyclic amines) is 2. The summed E-state index contributed by atoms with van der Waals surface area (Å²) >= 11 is 0. The second-order valence-corrected chi connectivity index (χ2v) is 9.00. The molecule has 0 radical (unpaired) electrons. The molecule has 0 spiro atoms. The lowest BCUT2D eigenvalue weighted by Crippen LogP contribution is -2.50. The Morgan fingerprint density at radius 3 is 2.37 bits per heavy atom. The summed E-state index contributed by atoms with van der Waals surface area (Å²) in [5.74, 6) is 1.02. The highest BCUT2D eigenvalue weighted by molar-refractivity contribution is 5.88. The molecule has 0 unspecified atom stereocenters. The van der Waals surface area contributed by atoms with Gasteiger partial charge in [-0.05, 0) is 49.0 Å². The van der Waals surface area contributed by atoms with Gasteiger partial charge in [0.2, 0.25) is 11.8 Å². The van der Waals surface area contributed by atoms with Gasteiger partial charge in [0.15, 0.2) is 0 Å². The van der Waals surface area contributed by atoms with Crippen LogP contribution in [0, 0.1) is 5.92 Å². The number of carbonyl (C=O) groups excluding carboxylic acids is 2. The molecule has 2 fully saturated rings. The summed E-state index contributed by atoms with van der Waals surface area (Å²) in [4.78, 5) is 29.8. The summed E-state index contributed by atoms with van der Waals surface area (Å²) in [6.45, 7) is 9.06. The molecule has 2 aliphatic heterocycles. The van der Waals surface area contributed by atoms with Crippen LogP contribution in [0.1, 0.15) is 64.9 Å². The fraction of sp³-hybridized carbons (Fsp3) is 0.652. The maximum atomic E-state index is 13.0. The minimum atomic E-state index is -0.231. The first kappa shape index (κ1) is 19.9. The SMILES string of the molecule is CC1CCN(C(=O)[C@@H]2CCCN2C(=O)CCC(C)(C)c2ccccc2)CC1. The van der Waals surface area contributed by atoms with Crippen LogP contribution in [-0.4, -0.2) is 47.3 Å². The van der Waals surface area contributed by atoms with Gasteiger partial charge in [0, 0.05) is 26.1 Å². The van der Waals surface area contributed by atoms with Crippen LogP contribution in [0.3, 0.4) is 0 Å². The maximum absolute atomic E-state index is 13.0. The Bertz CT molecular complexity index is 648. The van der Waals surface area contributed by atoms with Crippen molar-refractivity contribution in [2.45, 2.75) is 70.8 Å². The van der Waals surface area contributed by atoms with Crippen LogP contribution in [0.5, 0.6) is 0 Å². The number of nitrogens with zero attached hydrogens (tertiary/aromatic N) is 2. The molecule has 2 aliphatic rings. The zero-order valence-corrected chi connectivity index (χ0v) is 17.1. The van der Waals surface area contributed by atoms with Gasteiger partial charge in [0.25, 0.3) is 0 Å². The van der Waals surface area contributed by atoms with Gasteiger partial charge in [0.1, 0.15) is 6.04 Å². The van der Waals surface area contributed by atoms with Crippen molar-refractivity contribution in [2.75, 3.05) is 19.6 Å². The Labute approximate surface area is 163 Å². The van der Waals surface area contributed by atoms with Gasteiger partial charge in [-0.3, -0.25) is 9.59 Å². The van der Waals surface area contributed by atoms with Crippen LogP contribution >= 0.6 is 0 Å². The van der Waals surface area contributed by atoms with Crippen LogP contribution in [0.2, 0.25) is 0 Å². The van der Waals surface area contributed by atoms with Crippen LogP contribution in [0.4, 0.5) is 0 Å². The fourth-order valence-corrected chi connectivity index (χ4v) is 4.36. The summed E-state index contributed by atoms with van der Waals surface area (Å²) < 4.78 is 0. The number of hydrogen-bond acceptors (Lipinski definition) is 2. The van der Waals surface area contributed by atoms with E-state index in [1.165, 1.54) is 5.56 Å². The Kier molecular flexibility index (Phi) is 6.23. The molecule has 4 heteroatoms. The molecular formula is C23H34N2O2. The number of benzene rings is 1. The smallest absolute Gasteiger partial charge is 0.245 e. The van der Waals surface area contributed by atoms with Gasteiger partial charge < -0.3 is 9.80 Å². The highest BCUT2D eigenvalue weighted by Crippen LogP contribution is 2.30. The number of hydrogen-bond donors (Lipinski definition) is 0. The van der Waals surface area contributed by atoms with E-state index in [9.17, 15) is 9.59 Å². The van der Waals surface area contributed by atoms with Crippen molar-refractivity contribution in [3.63, 3.8) is 0 Å². The summed E-state index contributed by atoms with van der Waals surface area (Å²) in [5, 5.41) is 0. The predicted molar refractivity (Wildman–Crippen MR) is 108 cm³/mol. The van der Waals surface area contributed by atoms with Crippen LogP contribution in [0.25, 0.3) is 0 Å². The molecule has 2 amide bonds. The summed E-state index contributed by atoms with van der Waals surface area (Å²) in [6.07, 6.45) is 5.22. The summed E-state index contributed by atoms with van der Waals surface area (Å²) in [7, 11) is 0. The van der Waals surface area contributed by atoms with Crippen molar-refractivity contribution in [3.05, 3.63) is 35.9 Å². The van der Waals surface area contributed by atoms with E-state index in [-0.39, 0.29) is 23.3 Å². The molecule has 3 rings (SSSR count). The first-order valence-electron chi connectivity index (χ1n) is 10.5. The van der Waals surface area contributed by atoms with Gasteiger partial charge in [-0.15, -0.1) is 0 Å². The Hall–Kier alpha value is -1.84. The van der Waals surface area contributed by atoms with Crippen molar-refractivity contribution in [3.8, 4) is 0 Å². The van der Waals surface area contributed by atoms with E-state index in [1.807, 2.05) is 28.0 Å². The molecule has 0 aromatic heterocycles. The molecule has 1 aromatic carbocycles. The molecule has 27 heavy (non-hydrogen) atoms. The molecule has 1 atom stereocenters. The normalized spacial score (nSPS) is 21.5. The van der Waals surface area contributed by atoms with Crippen molar-refractivity contribution in [1.29, 1.82) is 0 Å². The average Bonchev–Trinajstić information content (AvgIpc) is 3.17. The number of rotatable bonds is 5. The van der Waals surface area contributed by atoms with E-state index in [0.717, 1.165) is 51.7 Å². The first-order valence-corrected chi connectivity index (χ1v) is 10.5. The monoisotopic (exact) mass is 370 g/mol. The second-order valence-electron chi connectivity index (χ2n) is 9.00. The van der Waals surface area contributed by atoms with E-state index in [4.69, 9.17) is 0 Å². The Morgan fingerprint density at radius 1 is 1.04 bits per heavy atom. The van der Waals surface area contributed by atoms with Crippen molar-refractivity contribution >= 4 is 11.8 Å². The van der Waals surface area contributed by atoms with E-state index in [0.29, 0.717) is 12.3 Å². The van der Waals surface area contributed by atoms with Crippen molar-refractivity contribution < 1.29 is 9.59 Å². The molecule has 148 valence electrons. The lowest BCUT2D eigenvalue weighted by Gasteiger charge is -2.35. The van der Waals surface area contributed by atoms with E-state index >= 15 is 0 Å². The molecule has 1 aromatic rings. The molecule has 4 nitrogen and oxygen atoms in total. The van der Waals surface area contributed by atoms with Gasteiger partial charge in [-0.25, -0.2) is 0 Å². The van der Waals surface area contributed by atoms with E-state index in [1.54, 1.807) is 0 Å². The highest BCUT2D eigenvalue weighted by Gasteiger charge is 2.37. The topological polar surface area (TPSA) is 40.6 Å². The second kappa shape index (κ2) is 8.45. The third-order valence-electron chi connectivity index (χ3n) is 6.47. The van der Waals surface area contributed by atoms with Gasteiger partial charge in [-0.2, -0.15) is 0 Å². The van der Waals surface area contributed by atoms with Crippen LogP contribution < -0.4 is 0 Å². The molecule has 0 bridgehead atoms. The lowest BCUT2D eigenvalue weighted by molar-refractivity contribution is -0.144. The van der Waals surface area contributed by atoms with Crippen LogP contribution in [0.15, 0.2) is 30.3 Å². The van der Waals surface area contributed by atoms with Gasteiger partial charge >= 0.3 is 0 Å². The van der Waals surface area contributed by atoms with Gasteiger partial charge in [-0.1, -0.05) is 51.1 Å². The molecule has 2 saturated heterocycles. The zero-order valence-electron chi connectivity index (χ0n) is 17.1. The van der Waals surface area contributed by atoms with Crippen LogP contribution in [-0.2, 0) is 15.0 Å². The molecule has 0 saturated carbocycles. The third kappa shape index (κ3) is 4.72. The number of carbonyl (C=O) groups is 2. The maximum Gasteiger partial charge on any atom is 0.245 e. The minimum Gasteiger partial charge on any atom is -0.341 e. The fourth-order valence-electron chi connectivity index (χ4n) is 4.36. The molecular weight excluding hydrogens is 336 g/mol. The van der Waals surface area contributed by atoms with Crippen molar-refractivity contribution in [2.24, 2.45) is 5.92 Å². The molecule has 0 N–H and O–H groups in total. The quantitative estimate of drug-likeness (QED) is 0.786. The number of piperidine rings is 1. The minimum absolute atomic E-state index is 0.0425. The van der Waals surface area contributed by atoms with Gasteiger partial charge in [0.05, 0.1) is 0 Å². The van der Waals surface area contributed by atoms with E-state index in [2.05, 4.69) is 32.9 Å². The third-order valence-corrected chi connectivity index (χ3v) is 6.47. The first-order chi connectivity index (χ1) is 12.9. The average molecular weight is 371 g/mol. The molecule has 2 heterocycles. The Balaban J connectivity index is 1.58. The predicted octanol–water partition coefficient (Wildman–Crippen LogP) is 3.99. The molecule has 0 aliphatic carbocycles. The highest BCUT2D eigenvalue weighted by atomic mass is 16.2. The summed E-state index contributed by atoms with van der Waals surface area (Å²) in [6, 6.07) is 10.1. The largest absolute Gasteiger partial charge is 0.341 e. The zero-order chi connectivity index (χ0) is 19.4. The summed E-state index contributed by atoms with van der Waals surface area (Å²) in [5.41, 5.74) is 1.22. The lowest BCUT2D eigenvalue weighted by atomic mass is 9.80. The Morgan fingerprint density at radius 2 is 1.70 bits per heavy atom. The van der Waals surface area contributed by atoms with E-state index < -0.39 is 0 Å².